The molecule has 0 spiro atoms. The molecule has 4 heteroatoms. The highest BCUT2D eigenvalue weighted by atomic mass is 32.1. The average Bonchev–Trinajstić information content (AvgIpc) is 3.06. The maximum Gasteiger partial charge on any atom is 0.123 e. The highest BCUT2D eigenvalue weighted by Gasteiger charge is 2.18. The van der Waals surface area contributed by atoms with Gasteiger partial charge in [-0.2, -0.15) is 0 Å². The van der Waals surface area contributed by atoms with Gasteiger partial charge in [0.1, 0.15) is 5.01 Å². The Bertz CT molecular complexity index is 761. The van der Waals surface area contributed by atoms with Crippen molar-refractivity contribution >= 4 is 16.9 Å². The van der Waals surface area contributed by atoms with Gasteiger partial charge < -0.3 is 0 Å². The minimum atomic E-state index is 0.735. The first-order chi connectivity index (χ1) is 13.7. The third-order valence-corrected chi connectivity index (χ3v) is 6.34. The molecule has 0 amide bonds. The van der Waals surface area contributed by atoms with Crippen LogP contribution in [0.25, 0.3) is 5.57 Å². The fourth-order valence-corrected chi connectivity index (χ4v) is 4.42. The fraction of sp³-hybridized carbons (Fsp3) is 0.458. The van der Waals surface area contributed by atoms with Crippen molar-refractivity contribution in [2.75, 3.05) is 32.7 Å². The molecule has 3 rings (SSSR count). The number of thiazole rings is 1. The summed E-state index contributed by atoms with van der Waals surface area (Å²) in [7, 11) is 0. The Hall–Kier alpha value is -1.75. The molecule has 2 heterocycles. The van der Waals surface area contributed by atoms with Crippen LogP contribution in [0.3, 0.4) is 0 Å². The Morgan fingerprint density at radius 3 is 2.79 bits per heavy atom. The van der Waals surface area contributed by atoms with Crippen LogP contribution in [0.5, 0.6) is 0 Å². The van der Waals surface area contributed by atoms with Gasteiger partial charge in [-0.05, 0) is 31.3 Å². The predicted octanol–water partition coefficient (Wildman–Crippen LogP) is 5.32. The summed E-state index contributed by atoms with van der Waals surface area (Å²) in [6.45, 7) is 14.6. The molecule has 1 fully saturated rings. The van der Waals surface area contributed by atoms with E-state index in [0.717, 1.165) is 51.6 Å². The van der Waals surface area contributed by atoms with E-state index in [2.05, 4.69) is 65.1 Å². The summed E-state index contributed by atoms with van der Waals surface area (Å²) < 4.78 is 0. The molecule has 0 bridgehead atoms. The summed E-state index contributed by atoms with van der Waals surface area (Å²) >= 11 is 1.78. The van der Waals surface area contributed by atoms with Crippen LogP contribution >= 0.6 is 11.3 Å². The van der Waals surface area contributed by atoms with Crippen LogP contribution in [0.4, 0.5) is 0 Å². The lowest BCUT2D eigenvalue weighted by Gasteiger charge is -2.34. The summed E-state index contributed by atoms with van der Waals surface area (Å²) in [6, 6.07) is 0. The van der Waals surface area contributed by atoms with Gasteiger partial charge >= 0.3 is 0 Å². The Kier molecular flexibility index (Phi) is 8.01. The molecule has 1 aromatic rings. The van der Waals surface area contributed by atoms with Crippen molar-refractivity contribution in [2.45, 2.75) is 33.2 Å². The number of hydrogen-bond acceptors (Lipinski definition) is 4. The van der Waals surface area contributed by atoms with Crippen molar-refractivity contribution < 1.29 is 0 Å². The van der Waals surface area contributed by atoms with Crippen LogP contribution in [0.2, 0.25) is 0 Å². The molecule has 1 unspecified atom stereocenters. The monoisotopic (exact) mass is 395 g/mol. The number of nitrogens with zero attached hydrogens (tertiary/aromatic N) is 3. The maximum absolute atomic E-state index is 4.92. The Balaban J connectivity index is 1.50. The van der Waals surface area contributed by atoms with E-state index >= 15 is 0 Å². The van der Waals surface area contributed by atoms with Crippen molar-refractivity contribution in [1.29, 1.82) is 0 Å². The van der Waals surface area contributed by atoms with Gasteiger partial charge in [-0.3, -0.25) is 9.80 Å². The lowest BCUT2D eigenvalue weighted by atomic mass is 10.1. The summed E-state index contributed by atoms with van der Waals surface area (Å²) in [6.07, 6.45) is 17.5. The summed E-state index contributed by atoms with van der Waals surface area (Å²) in [5.74, 6) is 0.735. The van der Waals surface area contributed by atoms with Crippen molar-refractivity contribution in [2.24, 2.45) is 5.92 Å². The Morgan fingerprint density at radius 1 is 1.25 bits per heavy atom. The van der Waals surface area contributed by atoms with Gasteiger partial charge in [0.25, 0.3) is 0 Å². The highest BCUT2D eigenvalue weighted by molar-refractivity contribution is 7.10. The first kappa shape index (κ1) is 21.0. The second-order valence-electron chi connectivity index (χ2n) is 7.81. The molecule has 3 nitrogen and oxygen atoms in total. The first-order valence-electron chi connectivity index (χ1n) is 10.4. The van der Waals surface area contributed by atoms with E-state index in [1.807, 2.05) is 13.0 Å². The Morgan fingerprint density at radius 2 is 2.04 bits per heavy atom. The van der Waals surface area contributed by atoms with Crippen molar-refractivity contribution in [3.05, 3.63) is 70.8 Å². The second-order valence-corrected chi connectivity index (χ2v) is 8.66. The zero-order valence-corrected chi connectivity index (χ0v) is 18.1. The predicted molar refractivity (Wildman–Crippen MR) is 122 cm³/mol. The summed E-state index contributed by atoms with van der Waals surface area (Å²) in [5, 5.41) is 3.41. The maximum atomic E-state index is 4.92. The molecule has 28 heavy (non-hydrogen) atoms. The molecule has 1 saturated heterocycles. The molecule has 0 N–H and O–H groups in total. The van der Waals surface area contributed by atoms with Crippen molar-refractivity contribution in [3.8, 4) is 0 Å². The van der Waals surface area contributed by atoms with E-state index in [4.69, 9.17) is 4.98 Å². The van der Waals surface area contributed by atoms with Gasteiger partial charge in [-0.1, -0.05) is 56.0 Å². The van der Waals surface area contributed by atoms with E-state index in [-0.39, 0.29) is 0 Å². The zero-order chi connectivity index (χ0) is 19.8. The lowest BCUT2D eigenvalue weighted by molar-refractivity contribution is 0.134. The second kappa shape index (κ2) is 10.7. The molecular weight excluding hydrogens is 362 g/mol. The van der Waals surface area contributed by atoms with E-state index in [1.54, 1.807) is 11.3 Å². The third-order valence-electron chi connectivity index (χ3n) is 5.40. The van der Waals surface area contributed by atoms with E-state index in [1.165, 1.54) is 28.3 Å². The van der Waals surface area contributed by atoms with Gasteiger partial charge in [0, 0.05) is 50.2 Å². The van der Waals surface area contributed by atoms with E-state index < -0.39 is 0 Å². The van der Waals surface area contributed by atoms with Crippen LogP contribution in [0.1, 0.15) is 37.4 Å². The quantitative estimate of drug-likeness (QED) is 0.583. The minimum Gasteiger partial charge on any atom is -0.297 e. The molecule has 1 atom stereocenters. The van der Waals surface area contributed by atoms with Crippen molar-refractivity contribution in [3.63, 3.8) is 0 Å². The normalized spacial score (nSPS) is 22.4. The molecule has 1 aliphatic heterocycles. The van der Waals surface area contributed by atoms with Gasteiger partial charge in [-0.15, -0.1) is 11.3 Å². The van der Waals surface area contributed by atoms with Crippen LogP contribution in [0, 0.1) is 5.92 Å². The zero-order valence-electron chi connectivity index (χ0n) is 17.3. The minimum absolute atomic E-state index is 0.735. The average molecular weight is 396 g/mol. The molecule has 1 aromatic heterocycles. The highest BCUT2D eigenvalue weighted by Crippen LogP contribution is 2.26. The largest absolute Gasteiger partial charge is 0.297 e. The molecule has 150 valence electrons. The van der Waals surface area contributed by atoms with E-state index in [9.17, 15) is 0 Å². The first-order valence-corrected chi connectivity index (χ1v) is 11.3. The number of hydrogen-bond donors (Lipinski definition) is 0. The fourth-order valence-electron chi connectivity index (χ4n) is 3.59. The molecule has 1 aliphatic carbocycles. The summed E-state index contributed by atoms with van der Waals surface area (Å²) in [5.41, 5.74) is 3.80. The SMILES string of the molecule is C=C/C(=C\C=C/C)CN1CCN(Cc2csc(C3=CCC(C)CC=C3)n2)CC1. The standard InChI is InChI=1S/C24H33N3S/c1-4-6-9-21(5-2)17-26-13-15-27(16-14-26)18-23-19-28-24(25-23)22-10-7-8-20(3)11-12-22/h4-7,9-10,12,19-20H,2,8,11,13-18H2,1,3H3/b6-4-,21-9+. The number of aromatic nitrogens is 1. The molecule has 0 radical (unpaired) electrons. The summed E-state index contributed by atoms with van der Waals surface area (Å²) in [4.78, 5) is 9.96. The van der Waals surface area contributed by atoms with Gasteiger partial charge in [-0.25, -0.2) is 4.98 Å². The van der Waals surface area contributed by atoms with Crippen LogP contribution in [-0.2, 0) is 6.54 Å². The van der Waals surface area contributed by atoms with Crippen LogP contribution < -0.4 is 0 Å². The number of rotatable bonds is 7. The molecule has 0 aromatic carbocycles. The lowest BCUT2D eigenvalue weighted by Crippen LogP contribution is -2.46. The number of allylic oxidation sites excluding steroid dienone is 7. The van der Waals surface area contributed by atoms with Gasteiger partial charge in [0.05, 0.1) is 5.69 Å². The Labute approximate surface area is 174 Å². The number of piperazine rings is 1. The van der Waals surface area contributed by atoms with Gasteiger partial charge in [0.2, 0.25) is 0 Å². The third kappa shape index (κ3) is 6.13. The van der Waals surface area contributed by atoms with Gasteiger partial charge in [0.15, 0.2) is 0 Å². The smallest absolute Gasteiger partial charge is 0.123 e. The topological polar surface area (TPSA) is 19.4 Å². The molecule has 2 aliphatic rings. The van der Waals surface area contributed by atoms with Crippen molar-refractivity contribution in [1.82, 2.24) is 14.8 Å². The van der Waals surface area contributed by atoms with Crippen LogP contribution in [0.15, 0.2) is 60.1 Å². The molecule has 0 saturated carbocycles. The van der Waals surface area contributed by atoms with E-state index in [0.29, 0.717) is 0 Å². The molecular formula is C24H33N3S. The van der Waals surface area contributed by atoms with Crippen LogP contribution in [-0.4, -0.2) is 47.5 Å².